The predicted molar refractivity (Wildman–Crippen MR) is 152 cm³/mol. The number of anilines is 1. The zero-order valence-electron chi connectivity index (χ0n) is 21.3. The summed E-state index contributed by atoms with van der Waals surface area (Å²) < 4.78 is 24.0. The average Bonchev–Trinajstić information content (AvgIpc) is 3.39. The number of thiophene rings is 1. The standard InChI is InChI=1S/C31H23FN2O5S/c1-2-38-31(37)28-24(19-8-4-3-5-9-19)18-40-29(28)34-27(35)17-39-30(36)23-16-26(20-12-14-21(32)15-13-20)33-25-11-7-6-10-22(23)25/h3-16,18H,2,17H2,1H3,(H,34,35). The quantitative estimate of drug-likeness (QED) is 0.214. The molecule has 40 heavy (non-hydrogen) atoms. The van der Waals surface area contributed by atoms with E-state index in [-0.39, 0.29) is 23.6 Å². The Morgan fingerprint density at radius 1 is 0.875 bits per heavy atom. The third kappa shape index (κ3) is 5.74. The van der Waals surface area contributed by atoms with Crippen LogP contribution in [0.25, 0.3) is 33.3 Å². The molecule has 2 heterocycles. The highest BCUT2D eigenvalue weighted by Crippen LogP contribution is 2.36. The van der Waals surface area contributed by atoms with E-state index in [0.29, 0.717) is 32.7 Å². The van der Waals surface area contributed by atoms with Crippen LogP contribution in [0.1, 0.15) is 27.6 Å². The van der Waals surface area contributed by atoms with Crippen LogP contribution < -0.4 is 5.32 Å². The van der Waals surface area contributed by atoms with Gasteiger partial charge < -0.3 is 14.8 Å². The number of halogens is 1. The molecular weight excluding hydrogens is 531 g/mol. The van der Waals surface area contributed by atoms with E-state index in [2.05, 4.69) is 10.3 Å². The molecule has 5 aromatic rings. The molecule has 0 aliphatic heterocycles. The molecule has 3 aromatic carbocycles. The van der Waals surface area contributed by atoms with E-state index in [9.17, 15) is 18.8 Å². The van der Waals surface area contributed by atoms with Crippen molar-refractivity contribution in [2.24, 2.45) is 0 Å². The van der Waals surface area contributed by atoms with E-state index in [1.54, 1.807) is 54.8 Å². The maximum Gasteiger partial charge on any atom is 0.341 e. The van der Waals surface area contributed by atoms with Gasteiger partial charge in [-0.3, -0.25) is 4.79 Å². The Morgan fingerprint density at radius 2 is 1.60 bits per heavy atom. The van der Waals surface area contributed by atoms with E-state index in [1.165, 1.54) is 23.5 Å². The maximum absolute atomic E-state index is 13.4. The molecule has 1 amide bonds. The van der Waals surface area contributed by atoms with Crippen molar-refractivity contribution in [3.63, 3.8) is 0 Å². The topological polar surface area (TPSA) is 94.6 Å². The zero-order valence-corrected chi connectivity index (χ0v) is 22.2. The maximum atomic E-state index is 13.4. The summed E-state index contributed by atoms with van der Waals surface area (Å²) in [5.41, 5.74) is 3.52. The van der Waals surface area contributed by atoms with Crippen molar-refractivity contribution >= 4 is 45.1 Å². The van der Waals surface area contributed by atoms with Gasteiger partial charge in [-0.05, 0) is 48.9 Å². The largest absolute Gasteiger partial charge is 0.462 e. The number of para-hydroxylation sites is 1. The number of fused-ring (bicyclic) bond motifs is 1. The molecule has 7 nitrogen and oxygen atoms in total. The van der Waals surface area contributed by atoms with Crippen molar-refractivity contribution in [1.82, 2.24) is 4.98 Å². The van der Waals surface area contributed by atoms with E-state index < -0.39 is 24.5 Å². The van der Waals surface area contributed by atoms with Crippen LogP contribution >= 0.6 is 11.3 Å². The van der Waals surface area contributed by atoms with Crippen LogP contribution in [-0.4, -0.2) is 36.0 Å². The number of nitrogens with zero attached hydrogens (tertiary/aromatic N) is 1. The number of aromatic nitrogens is 1. The van der Waals surface area contributed by atoms with Crippen molar-refractivity contribution in [3.05, 3.63) is 107 Å². The lowest BCUT2D eigenvalue weighted by molar-refractivity contribution is -0.119. The summed E-state index contributed by atoms with van der Waals surface area (Å²) in [7, 11) is 0. The van der Waals surface area contributed by atoms with Crippen LogP contribution in [0.4, 0.5) is 9.39 Å². The van der Waals surface area contributed by atoms with Gasteiger partial charge in [0, 0.05) is 21.9 Å². The van der Waals surface area contributed by atoms with Crippen molar-refractivity contribution in [3.8, 4) is 22.4 Å². The summed E-state index contributed by atoms with van der Waals surface area (Å²) in [4.78, 5) is 43.3. The number of hydrogen-bond donors (Lipinski definition) is 1. The normalized spacial score (nSPS) is 10.8. The Morgan fingerprint density at radius 3 is 2.35 bits per heavy atom. The van der Waals surface area contributed by atoms with Crippen LogP contribution in [0.3, 0.4) is 0 Å². The van der Waals surface area contributed by atoms with Crippen molar-refractivity contribution in [2.75, 3.05) is 18.5 Å². The van der Waals surface area contributed by atoms with Crippen molar-refractivity contribution < 1.29 is 28.2 Å². The van der Waals surface area contributed by atoms with Crippen LogP contribution in [0.5, 0.6) is 0 Å². The number of amides is 1. The number of ether oxygens (including phenoxy) is 2. The van der Waals surface area contributed by atoms with E-state index >= 15 is 0 Å². The smallest absolute Gasteiger partial charge is 0.341 e. The number of benzene rings is 3. The molecule has 0 radical (unpaired) electrons. The monoisotopic (exact) mass is 554 g/mol. The minimum atomic E-state index is -0.723. The molecule has 0 fully saturated rings. The van der Waals surface area contributed by atoms with Gasteiger partial charge in [0.2, 0.25) is 0 Å². The fourth-order valence-corrected chi connectivity index (χ4v) is 5.14. The highest BCUT2D eigenvalue weighted by atomic mass is 32.1. The Hall–Kier alpha value is -4.89. The van der Waals surface area contributed by atoms with Gasteiger partial charge in [-0.2, -0.15) is 0 Å². The van der Waals surface area contributed by atoms with Crippen LogP contribution in [-0.2, 0) is 14.3 Å². The Balaban J connectivity index is 1.36. The first-order valence-corrected chi connectivity index (χ1v) is 13.3. The number of carbonyl (C=O) groups excluding carboxylic acids is 3. The van der Waals surface area contributed by atoms with E-state index in [1.807, 2.05) is 30.3 Å². The number of carbonyl (C=O) groups is 3. The summed E-state index contributed by atoms with van der Waals surface area (Å²) in [5.74, 6) is -2.29. The summed E-state index contributed by atoms with van der Waals surface area (Å²) >= 11 is 1.18. The van der Waals surface area contributed by atoms with Crippen LogP contribution in [0.2, 0.25) is 0 Å². The minimum Gasteiger partial charge on any atom is -0.462 e. The number of esters is 2. The number of nitrogens with one attached hydrogen (secondary N) is 1. The molecule has 0 saturated heterocycles. The number of rotatable bonds is 8. The van der Waals surface area contributed by atoms with Gasteiger partial charge in [-0.1, -0.05) is 48.5 Å². The average molecular weight is 555 g/mol. The third-order valence-corrected chi connectivity index (χ3v) is 6.91. The summed E-state index contributed by atoms with van der Waals surface area (Å²) in [6, 6.07) is 23.6. The SMILES string of the molecule is CCOC(=O)c1c(-c2ccccc2)csc1NC(=O)COC(=O)c1cc(-c2ccc(F)cc2)nc2ccccc12. The molecule has 0 saturated carbocycles. The fourth-order valence-electron chi connectivity index (χ4n) is 4.17. The molecule has 1 N–H and O–H groups in total. The molecule has 0 atom stereocenters. The Labute approximate surface area is 233 Å². The predicted octanol–water partition coefficient (Wildman–Crippen LogP) is 6.74. The second kappa shape index (κ2) is 11.9. The lowest BCUT2D eigenvalue weighted by Crippen LogP contribution is -2.22. The van der Waals surface area contributed by atoms with Gasteiger partial charge in [-0.25, -0.2) is 19.0 Å². The highest BCUT2D eigenvalue weighted by molar-refractivity contribution is 7.15. The zero-order chi connectivity index (χ0) is 28.1. The van der Waals surface area contributed by atoms with Gasteiger partial charge in [0.05, 0.1) is 23.4 Å². The van der Waals surface area contributed by atoms with Gasteiger partial charge in [0.15, 0.2) is 6.61 Å². The number of hydrogen-bond acceptors (Lipinski definition) is 7. The summed E-state index contributed by atoms with van der Waals surface area (Å²) in [5, 5.41) is 5.29. The van der Waals surface area contributed by atoms with Gasteiger partial charge in [0.1, 0.15) is 16.4 Å². The molecule has 0 unspecified atom stereocenters. The van der Waals surface area contributed by atoms with E-state index in [4.69, 9.17) is 9.47 Å². The van der Waals surface area contributed by atoms with Crippen LogP contribution in [0, 0.1) is 5.82 Å². The first kappa shape index (κ1) is 26.7. The molecule has 2 aromatic heterocycles. The first-order valence-electron chi connectivity index (χ1n) is 12.4. The molecule has 0 spiro atoms. The van der Waals surface area contributed by atoms with Crippen molar-refractivity contribution in [2.45, 2.75) is 6.92 Å². The Bertz CT molecular complexity index is 1700. The highest BCUT2D eigenvalue weighted by Gasteiger charge is 2.23. The van der Waals surface area contributed by atoms with E-state index in [0.717, 1.165) is 5.56 Å². The third-order valence-electron chi connectivity index (χ3n) is 6.02. The minimum absolute atomic E-state index is 0.174. The lowest BCUT2D eigenvalue weighted by atomic mass is 10.0. The molecule has 0 bridgehead atoms. The second-order valence-electron chi connectivity index (χ2n) is 8.64. The number of pyridine rings is 1. The Kier molecular flexibility index (Phi) is 7.93. The molecular formula is C31H23FN2O5S. The first-order chi connectivity index (χ1) is 19.4. The molecule has 200 valence electrons. The van der Waals surface area contributed by atoms with Crippen LogP contribution in [0.15, 0.2) is 90.3 Å². The second-order valence-corrected chi connectivity index (χ2v) is 9.52. The van der Waals surface area contributed by atoms with Gasteiger partial charge >= 0.3 is 11.9 Å². The molecule has 0 aliphatic carbocycles. The van der Waals surface area contributed by atoms with Gasteiger partial charge in [0.25, 0.3) is 5.91 Å². The molecule has 0 aliphatic rings. The molecule has 9 heteroatoms. The van der Waals surface area contributed by atoms with Gasteiger partial charge in [-0.15, -0.1) is 11.3 Å². The summed E-state index contributed by atoms with van der Waals surface area (Å²) in [6.45, 7) is 1.30. The summed E-state index contributed by atoms with van der Waals surface area (Å²) in [6.07, 6.45) is 0. The van der Waals surface area contributed by atoms with Crippen molar-refractivity contribution in [1.29, 1.82) is 0 Å². The lowest BCUT2D eigenvalue weighted by Gasteiger charge is -2.11. The molecule has 5 rings (SSSR count). The fraction of sp³-hybridized carbons (Fsp3) is 0.0968.